The minimum absolute atomic E-state index is 0.00139. The number of unbranched alkanes of at least 4 members (excludes halogenated alkanes) is 3. The molecule has 5 atom stereocenters. The Bertz CT molecular complexity index is 658. The normalized spacial score (nSPS) is 25.0. The molecule has 1 fully saturated rings. The molecular formula is C25H37ClO4. The summed E-state index contributed by atoms with van der Waals surface area (Å²) in [6.45, 7) is 2.16. The number of aliphatic hydroxyl groups is 2. The van der Waals surface area contributed by atoms with E-state index in [2.05, 4.69) is 23.8 Å². The third kappa shape index (κ3) is 7.40. The van der Waals surface area contributed by atoms with Gasteiger partial charge in [-0.25, -0.2) is 0 Å². The van der Waals surface area contributed by atoms with E-state index in [-0.39, 0.29) is 23.2 Å². The summed E-state index contributed by atoms with van der Waals surface area (Å²) < 4.78 is 4.65. The first kappa shape index (κ1) is 24.9. The highest BCUT2D eigenvalue weighted by atomic mass is 35.5. The van der Waals surface area contributed by atoms with Crippen LogP contribution in [0.1, 0.15) is 87.9 Å². The number of rotatable bonds is 12. The van der Waals surface area contributed by atoms with E-state index in [0.717, 1.165) is 56.1 Å². The van der Waals surface area contributed by atoms with Crippen LogP contribution in [0.5, 0.6) is 0 Å². The number of ether oxygens (including phenoxy) is 1. The van der Waals surface area contributed by atoms with Crippen LogP contribution in [-0.2, 0) is 9.53 Å². The summed E-state index contributed by atoms with van der Waals surface area (Å²) >= 11 is 6.58. The molecule has 0 amide bonds. The minimum atomic E-state index is -0.453. The molecule has 0 bridgehead atoms. The van der Waals surface area contributed by atoms with E-state index in [0.29, 0.717) is 12.8 Å². The Morgan fingerprint density at radius 3 is 2.63 bits per heavy atom. The summed E-state index contributed by atoms with van der Waals surface area (Å²) in [6, 6.07) is 8.04. The van der Waals surface area contributed by atoms with Gasteiger partial charge in [-0.15, -0.1) is 11.6 Å². The van der Waals surface area contributed by atoms with Crippen LogP contribution in [-0.4, -0.2) is 34.8 Å². The molecule has 2 rings (SSSR count). The van der Waals surface area contributed by atoms with Crippen molar-refractivity contribution >= 4 is 17.6 Å². The number of carbonyl (C=O) groups is 1. The average molecular weight is 437 g/mol. The van der Waals surface area contributed by atoms with Gasteiger partial charge in [0.1, 0.15) is 0 Å². The highest BCUT2D eigenvalue weighted by molar-refractivity contribution is 6.21. The Morgan fingerprint density at radius 1 is 1.23 bits per heavy atom. The number of methoxy groups -OCH3 is 1. The molecule has 1 aromatic rings. The topological polar surface area (TPSA) is 66.8 Å². The van der Waals surface area contributed by atoms with Gasteiger partial charge in [-0.2, -0.15) is 0 Å². The third-order valence-corrected chi connectivity index (χ3v) is 6.65. The van der Waals surface area contributed by atoms with Crippen LogP contribution in [0.3, 0.4) is 0 Å². The van der Waals surface area contributed by atoms with E-state index >= 15 is 0 Å². The molecule has 0 aliphatic heterocycles. The Balaban J connectivity index is 1.94. The molecule has 1 saturated carbocycles. The molecule has 5 heteroatoms. The summed E-state index contributed by atoms with van der Waals surface area (Å²) in [7, 11) is 1.41. The first-order valence-electron chi connectivity index (χ1n) is 11.3. The summed E-state index contributed by atoms with van der Waals surface area (Å²) in [5, 5.41) is 20.9. The second-order valence-electron chi connectivity index (χ2n) is 8.36. The number of esters is 1. The van der Waals surface area contributed by atoms with Crippen molar-refractivity contribution in [1.82, 2.24) is 0 Å². The molecule has 4 nitrogen and oxygen atoms in total. The zero-order chi connectivity index (χ0) is 21.9. The van der Waals surface area contributed by atoms with Crippen LogP contribution in [0.2, 0.25) is 0 Å². The maximum Gasteiger partial charge on any atom is 0.305 e. The highest BCUT2D eigenvalue weighted by Gasteiger charge is 2.41. The van der Waals surface area contributed by atoms with Crippen molar-refractivity contribution in [3.63, 3.8) is 0 Å². The Kier molecular flexibility index (Phi) is 10.9. The Morgan fingerprint density at radius 2 is 1.97 bits per heavy atom. The molecular weight excluding hydrogens is 400 g/mol. The second kappa shape index (κ2) is 13.1. The molecule has 30 heavy (non-hydrogen) atoms. The smallest absolute Gasteiger partial charge is 0.305 e. The summed E-state index contributed by atoms with van der Waals surface area (Å²) in [5.41, 5.74) is 2.02. The number of hydrogen-bond donors (Lipinski definition) is 2. The summed E-state index contributed by atoms with van der Waals surface area (Å²) in [5.74, 6) is -0.0144. The summed E-state index contributed by atoms with van der Waals surface area (Å²) in [6.07, 6.45) is 10.8. The van der Waals surface area contributed by atoms with Crippen LogP contribution in [0.25, 0.3) is 0 Å². The molecule has 3 unspecified atom stereocenters. The molecule has 1 aliphatic rings. The average Bonchev–Trinajstić information content (AvgIpc) is 3.03. The van der Waals surface area contributed by atoms with Gasteiger partial charge in [-0.1, -0.05) is 62.6 Å². The van der Waals surface area contributed by atoms with Gasteiger partial charge in [0.25, 0.3) is 0 Å². The lowest BCUT2D eigenvalue weighted by atomic mass is 9.84. The zero-order valence-corrected chi connectivity index (χ0v) is 19.1. The van der Waals surface area contributed by atoms with Crippen LogP contribution in [0, 0.1) is 5.92 Å². The lowest BCUT2D eigenvalue weighted by Gasteiger charge is -2.23. The Hall–Kier alpha value is -1.36. The fraction of sp³-hybridized carbons (Fsp3) is 0.640. The molecule has 0 heterocycles. The van der Waals surface area contributed by atoms with Crippen molar-refractivity contribution in [2.24, 2.45) is 5.92 Å². The van der Waals surface area contributed by atoms with Crippen molar-refractivity contribution in [2.45, 2.75) is 88.2 Å². The first-order chi connectivity index (χ1) is 14.5. The van der Waals surface area contributed by atoms with Crippen molar-refractivity contribution in [3.05, 3.63) is 47.5 Å². The standard InChI is InChI=1S/C25H37ClO4/c1-3-4-7-11-22(27)18-13-15-19(16-14-18)25-20(21(26)17-23(25)28)10-8-5-6-9-12-24(29)30-2/h5,8,13-16,20-23,25,27-28H,3-4,6-7,9-12,17H2,1-2H3/b8-5-/t20-,21?,22?,23+,25?/m0/s1. The number of halogens is 1. The minimum Gasteiger partial charge on any atom is -0.469 e. The maximum absolute atomic E-state index is 11.2. The molecule has 2 N–H and O–H groups in total. The fourth-order valence-electron chi connectivity index (χ4n) is 4.36. The Labute approximate surface area is 186 Å². The largest absolute Gasteiger partial charge is 0.469 e. The maximum atomic E-state index is 11.2. The molecule has 1 aliphatic carbocycles. The summed E-state index contributed by atoms with van der Waals surface area (Å²) in [4.78, 5) is 11.2. The van der Waals surface area contributed by atoms with Crippen LogP contribution in [0.15, 0.2) is 36.4 Å². The van der Waals surface area contributed by atoms with Gasteiger partial charge in [-0.3, -0.25) is 4.79 Å². The van der Waals surface area contributed by atoms with Crippen molar-refractivity contribution in [2.75, 3.05) is 7.11 Å². The quantitative estimate of drug-likeness (QED) is 0.192. The third-order valence-electron chi connectivity index (χ3n) is 6.15. The molecule has 0 spiro atoms. The van der Waals surface area contributed by atoms with Gasteiger partial charge >= 0.3 is 5.97 Å². The van der Waals surface area contributed by atoms with E-state index < -0.39 is 12.2 Å². The number of benzene rings is 1. The zero-order valence-electron chi connectivity index (χ0n) is 18.3. The van der Waals surface area contributed by atoms with E-state index in [1.54, 1.807) is 0 Å². The lowest BCUT2D eigenvalue weighted by Crippen LogP contribution is -2.18. The van der Waals surface area contributed by atoms with Crippen LogP contribution in [0.4, 0.5) is 0 Å². The van der Waals surface area contributed by atoms with Gasteiger partial charge in [0.15, 0.2) is 0 Å². The van der Waals surface area contributed by atoms with Crippen molar-refractivity contribution in [3.8, 4) is 0 Å². The predicted molar refractivity (Wildman–Crippen MR) is 122 cm³/mol. The number of carbonyl (C=O) groups excluding carboxylic acids is 1. The molecule has 168 valence electrons. The van der Waals surface area contributed by atoms with Crippen LogP contribution < -0.4 is 0 Å². The predicted octanol–water partition coefficient (Wildman–Crippen LogP) is 5.66. The van der Waals surface area contributed by atoms with E-state index in [1.165, 1.54) is 7.11 Å². The number of alkyl halides is 1. The molecule has 0 aromatic heterocycles. The molecule has 1 aromatic carbocycles. The SMILES string of the molecule is CCCCCC(O)c1ccc(C2[C@@H](C/C=C\CCCC(=O)OC)C(Cl)C[C@H]2O)cc1. The fourth-order valence-corrected chi connectivity index (χ4v) is 4.80. The molecule has 0 radical (unpaired) electrons. The van der Waals surface area contributed by atoms with Gasteiger partial charge < -0.3 is 14.9 Å². The van der Waals surface area contributed by atoms with E-state index in [1.807, 2.05) is 24.3 Å². The molecule has 0 saturated heterocycles. The van der Waals surface area contributed by atoms with Gasteiger partial charge in [0, 0.05) is 17.7 Å². The monoisotopic (exact) mass is 436 g/mol. The van der Waals surface area contributed by atoms with Gasteiger partial charge in [-0.05, 0) is 49.1 Å². The number of aliphatic hydroxyl groups excluding tert-OH is 2. The van der Waals surface area contributed by atoms with E-state index in [4.69, 9.17) is 11.6 Å². The first-order valence-corrected chi connectivity index (χ1v) is 11.7. The number of allylic oxidation sites excluding steroid dienone is 2. The van der Waals surface area contributed by atoms with Gasteiger partial charge in [0.05, 0.1) is 19.3 Å². The van der Waals surface area contributed by atoms with Crippen LogP contribution >= 0.6 is 11.6 Å². The lowest BCUT2D eigenvalue weighted by molar-refractivity contribution is -0.140. The van der Waals surface area contributed by atoms with Crippen molar-refractivity contribution in [1.29, 1.82) is 0 Å². The van der Waals surface area contributed by atoms with Gasteiger partial charge in [0.2, 0.25) is 0 Å². The number of hydrogen-bond acceptors (Lipinski definition) is 4. The van der Waals surface area contributed by atoms with E-state index in [9.17, 15) is 15.0 Å². The van der Waals surface area contributed by atoms with Crippen molar-refractivity contribution < 1.29 is 19.7 Å². The second-order valence-corrected chi connectivity index (χ2v) is 8.92. The highest BCUT2D eigenvalue weighted by Crippen LogP contribution is 2.45.